The highest BCUT2D eigenvalue weighted by Gasteiger charge is 2.37. The minimum atomic E-state index is -1.04. The zero-order chi connectivity index (χ0) is 18.7. The lowest BCUT2D eigenvalue weighted by Gasteiger charge is -2.21. The molecule has 1 amide bonds. The molecule has 1 aliphatic rings. The Morgan fingerprint density at radius 1 is 1.31 bits per heavy atom. The maximum atomic E-state index is 13.6. The molecule has 0 saturated heterocycles. The van der Waals surface area contributed by atoms with E-state index in [4.69, 9.17) is 16.4 Å². The third kappa shape index (κ3) is 4.20. The quantitative estimate of drug-likeness (QED) is 0.869. The second-order valence-electron chi connectivity index (χ2n) is 6.25. The van der Waals surface area contributed by atoms with Crippen molar-refractivity contribution in [2.75, 3.05) is 7.05 Å². The Bertz CT molecular complexity index is 858. The average molecular weight is 376 g/mol. The molecule has 1 heterocycles. The van der Waals surface area contributed by atoms with E-state index in [0.29, 0.717) is 16.4 Å². The molecule has 1 N–H and O–H groups in total. The zero-order valence-electron chi connectivity index (χ0n) is 14.5. The number of hydrogen-bond donors (Lipinski definition) is 1. The van der Waals surface area contributed by atoms with E-state index in [1.807, 2.05) is 12.1 Å². The molecular weight excluding hydrogens is 357 g/mol. The van der Waals surface area contributed by atoms with Gasteiger partial charge in [0.1, 0.15) is 5.82 Å². The van der Waals surface area contributed by atoms with Gasteiger partial charge in [0, 0.05) is 29.7 Å². The van der Waals surface area contributed by atoms with Gasteiger partial charge in [-0.05, 0) is 25.1 Å². The van der Waals surface area contributed by atoms with Crippen molar-refractivity contribution in [1.82, 2.24) is 10.4 Å². The van der Waals surface area contributed by atoms with Crippen LogP contribution in [-0.2, 0) is 16.2 Å². The molecule has 0 fully saturated rings. The number of amidine groups is 1. The van der Waals surface area contributed by atoms with Crippen molar-refractivity contribution in [1.29, 1.82) is 0 Å². The third-order valence-corrected chi connectivity index (χ3v) is 4.21. The van der Waals surface area contributed by atoms with Crippen LogP contribution in [0.1, 0.15) is 24.5 Å². The first-order valence-corrected chi connectivity index (χ1v) is 8.53. The van der Waals surface area contributed by atoms with Gasteiger partial charge in [0.05, 0.1) is 6.42 Å². The summed E-state index contributed by atoms with van der Waals surface area (Å²) in [5, 5.41) is 4.82. The normalized spacial score (nSPS) is 19.4. The topological polar surface area (TPSA) is 53.9 Å². The molecule has 2 aromatic rings. The number of carbonyl (C=O) groups is 1. The van der Waals surface area contributed by atoms with Crippen molar-refractivity contribution < 1.29 is 14.0 Å². The van der Waals surface area contributed by atoms with Crippen LogP contribution in [0.5, 0.6) is 0 Å². The minimum Gasteiger partial charge on any atom is -0.352 e. The lowest BCUT2D eigenvalue weighted by atomic mass is 10.1. The van der Waals surface area contributed by atoms with Crippen molar-refractivity contribution in [3.05, 3.63) is 70.5 Å². The SMILES string of the molecule is CN1OC(C)(CC(=O)NCc2ccccc2F)N=C1c1cccc(Cl)c1. The molecule has 0 saturated carbocycles. The van der Waals surface area contributed by atoms with Gasteiger partial charge in [-0.25, -0.2) is 19.3 Å². The number of carbonyl (C=O) groups excluding carboxylic acids is 1. The van der Waals surface area contributed by atoms with E-state index in [0.717, 1.165) is 5.56 Å². The van der Waals surface area contributed by atoms with Gasteiger partial charge < -0.3 is 5.32 Å². The van der Waals surface area contributed by atoms with Crippen LogP contribution in [0.25, 0.3) is 0 Å². The number of amides is 1. The number of hydrogen-bond acceptors (Lipinski definition) is 4. The van der Waals surface area contributed by atoms with Crippen LogP contribution >= 0.6 is 11.6 Å². The van der Waals surface area contributed by atoms with Crippen LogP contribution in [0.2, 0.25) is 5.02 Å². The molecule has 0 spiro atoms. The second kappa shape index (κ2) is 7.43. The number of nitrogens with one attached hydrogen (secondary N) is 1. The standard InChI is InChI=1S/C19H19ClFN3O2/c1-19(11-17(25)22-12-14-6-3-4-9-16(14)21)23-18(24(2)26-19)13-7-5-8-15(20)10-13/h3-10H,11-12H2,1-2H3,(H,22,25). The van der Waals surface area contributed by atoms with Crippen LogP contribution in [0.3, 0.4) is 0 Å². The molecule has 2 aromatic carbocycles. The van der Waals surface area contributed by atoms with Gasteiger partial charge in [-0.15, -0.1) is 0 Å². The Hall–Kier alpha value is -2.44. The molecule has 1 unspecified atom stereocenters. The Labute approximate surface area is 156 Å². The molecule has 5 nitrogen and oxygen atoms in total. The number of hydroxylamine groups is 2. The third-order valence-electron chi connectivity index (χ3n) is 3.98. The van der Waals surface area contributed by atoms with Gasteiger partial charge in [-0.1, -0.05) is 41.9 Å². The Morgan fingerprint density at radius 3 is 2.81 bits per heavy atom. The largest absolute Gasteiger partial charge is 0.352 e. The van der Waals surface area contributed by atoms with Crippen molar-refractivity contribution >= 4 is 23.3 Å². The van der Waals surface area contributed by atoms with E-state index < -0.39 is 5.72 Å². The molecule has 0 radical (unpaired) electrons. The van der Waals surface area contributed by atoms with Gasteiger partial charge in [-0.3, -0.25) is 4.79 Å². The van der Waals surface area contributed by atoms with E-state index in [1.54, 1.807) is 44.3 Å². The fourth-order valence-electron chi connectivity index (χ4n) is 2.79. The van der Waals surface area contributed by atoms with Gasteiger partial charge in [0.15, 0.2) is 11.6 Å². The summed E-state index contributed by atoms with van der Waals surface area (Å²) in [5.41, 5.74) is 0.195. The first kappa shape index (κ1) is 18.4. The van der Waals surface area contributed by atoms with E-state index in [1.165, 1.54) is 11.1 Å². The van der Waals surface area contributed by atoms with E-state index in [2.05, 4.69) is 10.3 Å². The van der Waals surface area contributed by atoms with Crippen molar-refractivity contribution in [3.63, 3.8) is 0 Å². The number of aliphatic imine (C=N–C) groups is 1. The summed E-state index contributed by atoms with van der Waals surface area (Å²) in [5.74, 6) is -0.0331. The van der Waals surface area contributed by atoms with Crippen LogP contribution < -0.4 is 5.32 Å². The molecule has 0 aliphatic carbocycles. The highest BCUT2D eigenvalue weighted by Crippen LogP contribution is 2.28. The number of benzene rings is 2. The Kier molecular flexibility index (Phi) is 5.25. The second-order valence-corrected chi connectivity index (χ2v) is 6.69. The lowest BCUT2D eigenvalue weighted by Crippen LogP contribution is -2.35. The van der Waals surface area contributed by atoms with Crippen molar-refractivity contribution in [2.45, 2.75) is 25.6 Å². The van der Waals surface area contributed by atoms with E-state index in [-0.39, 0.29) is 24.7 Å². The Morgan fingerprint density at radius 2 is 2.08 bits per heavy atom. The lowest BCUT2D eigenvalue weighted by molar-refractivity contribution is -0.166. The predicted octanol–water partition coefficient (Wildman–Crippen LogP) is 3.53. The van der Waals surface area contributed by atoms with Gasteiger partial charge in [0.25, 0.3) is 0 Å². The molecule has 0 bridgehead atoms. The fraction of sp³-hybridized carbons (Fsp3) is 0.263. The highest BCUT2D eigenvalue weighted by atomic mass is 35.5. The first-order chi connectivity index (χ1) is 12.4. The summed E-state index contributed by atoms with van der Waals surface area (Å²) >= 11 is 6.03. The highest BCUT2D eigenvalue weighted by molar-refractivity contribution is 6.31. The molecule has 0 aromatic heterocycles. The van der Waals surface area contributed by atoms with Crippen LogP contribution in [0.4, 0.5) is 4.39 Å². The number of nitrogens with zero attached hydrogens (tertiary/aromatic N) is 2. The zero-order valence-corrected chi connectivity index (χ0v) is 15.3. The minimum absolute atomic E-state index is 0.00978. The van der Waals surface area contributed by atoms with Crippen LogP contribution in [-0.4, -0.2) is 29.6 Å². The van der Waals surface area contributed by atoms with Crippen molar-refractivity contribution in [3.8, 4) is 0 Å². The monoisotopic (exact) mass is 375 g/mol. The maximum absolute atomic E-state index is 13.6. The molecule has 7 heteroatoms. The van der Waals surface area contributed by atoms with Crippen molar-refractivity contribution in [2.24, 2.45) is 4.99 Å². The number of rotatable bonds is 5. The first-order valence-electron chi connectivity index (χ1n) is 8.15. The van der Waals surface area contributed by atoms with Crippen LogP contribution in [0.15, 0.2) is 53.5 Å². The summed E-state index contributed by atoms with van der Waals surface area (Å²) in [7, 11) is 1.72. The smallest absolute Gasteiger partial charge is 0.225 e. The van der Waals surface area contributed by atoms with E-state index >= 15 is 0 Å². The van der Waals surface area contributed by atoms with Gasteiger partial charge >= 0.3 is 0 Å². The maximum Gasteiger partial charge on any atom is 0.225 e. The molecule has 26 heavy (non-hydrogen) atoms. The van der Waals surface area contributed by atoms with Gasteiger partial charge in [-0.2, -0.15) is 0 Å². The average Bonchev–Trinajstić information content (AvgIpc) is 2.88. The summed E-state index contributed by atoms with van der Waals surface area (Å²) in [6.45, 7) is 1.84. The molecule has 1 aliphatic heterocycles. The summed E-state index contributed by atoms with van der Waals surface area (Å²) < 4.78 is 13.6. The predicted molar refractivity (Wildman–Crippen MR) is 98.1 cm³/mol. The fourth-order valence-corrected chi connectivity index (χ4v) is 2.99. The molecule has 1 atom stereocenters. The number of halogens is 2. The molecule has 136 valence electrons. The Balaban J connectivity index is 1.67. The summed E-state index contributed by atoms with van der Waals surface area (Å²) in [6, 6.07) is 13.6. The molecular formula is C19H19ClFN3O2. The summed E-state index contributed by atoms with van der Waals surface area (Å²) in [6.07, 6.45) is 0.00978. The van der Waals surface area contributed by atoms with E-state index in [9.17, 15) is 9.18 Å². The summed E-state index contributed by atoms with van der Waals surface area (Å²) in [4.78, 5) is 22.6. The van der Waals surface area contributed by atoms with Crippen LogP contribution in [0, 0.1) is 5.82 Å². The molecule has 3 rings (SSSR count). The van der Waals surface area contributed by atoms with Gasteiger partial charge in [0.2, 0.25) is 5.91 Å².